The highest BCUT2D eigenvalue weighted by Gasteiger charge is 2.31. The predicted octanol–water partition coefficient (Wildman–Crippen LogP) is 3.18. The maximum absolute atomic E-state index is 5.70. The molecule has 84 valence electrons. The number of halogens is 1. The molecule has 1 saturated carbocycles. The van der Waals surface area contributed by atoms with Crippen molar-refractivity contribution >= 4 is 17.6 Å². The number of anilines is 1. The largest absolute Gasteiger partial charge is 0.432 e. The molecule has 1 aliphatic carbocycles. The van der Waals surface area contributed by atoms with Gasteiger partial charge < -0.3 is 9.32 Å². The van der Waals surface area contributed by atoms with Gasteiger partial charge in [0.25, 0.3) is 6.01 Å². The lowest BCUT2D eigenvalue weighted by Crippen LogP contribution is -2.27. The molecule has 0 aromatic carbocycles. The highest BCUT2D eigenvalue weighted by atomic mass is 35.5. The first kappa shape index (κ1) is 10.8. The molecule has 0 radical (unpaired) electrons. The summed E-state index contributed by atoms with van der Waals surface area (Å²) in [6.45, 7) is 3.24. The summed E-state index contributed by atoms with van der Waals surface area (Å²) >= 11 is 5.70. The summed E-state index contributed by atoms with van der Waals surface area (Å²) in [6.07, 6.45) is 6.58. The lowest BCUT2D eigenvalue weighted by Gasteiger charge is -2.19. The van der Waals surface area contributed by atoms with Gasteiger partial charge >= 0.3 is 0 Å². The lowest BCUT2D eigenvalue weighted by molar-refractivity contribution is 0.524. The normalized spacial score (nSPS) is 15.6. The zero-order chi connectivity index (χ0) is 10.7. The average molecular weight is 229 g/mol. The van der Waals surface area contributed by atoms with E-state index < -0.39 is 0 Å². The number of aromatic nitrogens is 1. The summed E-state index contributed by atoms with van der Waals surface area (Å²) in [5.74, 6) is 0.426. The summed E-state index contributed by atoms with van der Waals surface area (Å²) in [5, 5.41) is 0. The van der Waals surface area contributed by atoms with Crippen LogP contribution < -0.4 is 4.90 Å². The molecule has 0 aliphatic heterocycles. The fourth-order valence-corrected chi connectivity index (χ4v) is 1.76. The molecule has 0 bridgehead atoms. The Morgan fingerprint density at radius 2 is 2.40 bits per heavy atom. The summed E-state index contributed by atoms with van der Waals surface area (Å²) in [6, 6.07) is 1.40. The molecule has 0 atom stereocenters. The second-order valence-electron chi connectivity index (χ2n) is 4.03. The third-order valence-corrected chi connectivity index (χ3v) is 2.94. The molecule has 1 aliphatic rings. The third-order valence-electron chi connectivity index (χ3n) is 2.66. The highest BCUT2D eigenvalue weighted by Crippen LogP contribution is 2.31. The van der Waals surface area contributed by atoms with Gasteiger partial charge in [-0.1, -0.05) is 13.3 Å². The molecular formula is C11H17ClN2O. The fraction of sp³-hybridized carbons (Fsp3) is 0.727. The van der Waals surface area contributed by atoms with E-state index >= 15 is 0 Å². The molecule has 1 fully saturated rings. The summed E-state index contributed by atoms with van der Waals surface area (Å²) in [7, 11) is 0. The summed E-state index contributed by atoms with van der Waals surface area (Å²) in [4.78, 5) is 6.65. The van der Waals surface area contributed by atoms with Crippen LogP contribution in [0.25, 0.3) is 0 Å². The van der Waals surface area contributed by atoms with Gasteiger partial charge in [-0.15, -0.1) is 11.6 Å². The average Bonchev–Trinajstić information content (AvgIpc) is 2.97. The van der Waals surface area contributed by atoms with E-state index in [0.717, 1.165) is 18.3 Å². The number of alkyl halides is 1. The number of nitrogens with zero attached hydrogens (tertiary/aromatic N) is 2. The first-order valence-corrected chi connectivity index (χ1v) is 6.15. The van der Waals surface area contributed by atoms with Crippen molar-refractivity contribution in [3.05, 3.63) is 12.0 Å². The molecule has 1 aromatic rings. The molecule has 15 heavy (non-hydrogen) atoms. The van der Waals surface area contributed by atoms with Crippen LogP contribution in [0.1, 0.15) is 38.3 Å². The Morgan fingerprint density at radius 1 is 1.60 bits per heavy atom. The van der Waals surface area contributed by atoms with Crippen LogP contribution in [0.15, 0.2) is 10.7 Å². The second kappa shape index (κ2) is 4.88. The molecule has 4 heteroatoms. The van der Waals surface area contributed by atoms with Gasteiger partial charge in [-0.3, -0.25) is 0 Å². The van der Waals surface area contributed by atoms with Crippen molar-refractivity contribution in [1.29, 1.82) is 0 Å². The van der Waals surface area contributed by atoms with Gasteiger partial charge in [0.15, 0.2) is 0 Å². The Bertz CT molecular complexity index is 309. The minimum Gasteiger partial charge on any atom is -0.432 e. The third kappa shape index (κ3) is 2.65. The van der Waals surface area contributed by atoms with Gasteiger partial charge in [0.2, 0.25) is 0 Å². The standard InChI is InChI=1S/C11H17ClN2O/c1-2-3-6-14(10-4-5-10)11-13-9(7-12)8-15-11/h8,10H,2-7H2,1H3. The summed E-state index contributed by atoms with van der Waals surface area (Å²) < 4.78 is 5.45. The van der Waals surface area contributed by atoms with Gasteiger partial charge in [0.05, 0.1) is 11.6 Å². The van der Waals surface area contributed by atoms with Crippen molar-refractivity contribution in [2.24, 2.45) is 0 Å². The second-order valence-corrected chi connectivity index (χ2v) is 4.30. The fourth-order valence-electron chi connectivity index (χ4n) is 1.64. The Morgan fingerprint density at radius 3 is 2.93 bits per heavy atom. The van der Waals surface area contributed by atoms with Crippen LogP contribution in [0.2, 0.25) is 0 Å². The molecule has 0 spiro atoms. The minimum atomic E-state index is 0.426. The van der Waals surface area contributed by atoms with E-state index in [2.05, 4.69) is 16.8 Å². The zero-order valence-electron chi connectivity index (χ0n) is 9.08. The van der Waals surface area contributed by atoms with Crippen molar-refractivity contribution in [1.82, 2.24) is 4.98 Å². The van der Waals surface area contributed by atoms with E-state index in [0.29, 0.717) is 11.9 Å². The van der Waals surface area contributed by atoms with Crippen LogP contribution in [0.4, 0.5) is 6.01 Å². The van der Waals surface area contributed by atoms with Crippen molar-refractivity contribution in [2.45, 2.75) is 44.5 Å². The molecule has 3 nitrogen and oxygen atoms in total. The van der Waals surface area contributed by atoms with E-state index in [1.54, 1.807) is 6.26 Å². The van der Waals surface area contributed by atoms with Crippen molar-refractivity contribution in [3.63, 3.8) is 0 Å². The van der Waals surface area contributed by atoms with E-state index in [1.807, 2.05) is 0 Å². The Kier molecular flexibility index (Phi) is 3.52. The maximum Gasteiger partial charge on any atom is 0.297 e. The Balaban J connectivity index is 2.02. The molecule has 1 heterocycles. The quantitative estimate of drug-likeness (QED) is 0.701. The van der Waals surface area contributed by atoms with Crippen molar-refractivity contribution in [2.75, 3.05) is 11.4 Å². The molecule has 0 N–H and O–H groups in total. The minimum absolute atomic E-state index is 0.426. The Labute approximate surface area is 95.4 Å². The topological polar surface area (TPSA) is 29.3 Å². The number of hydrogen-bond acceptors (Lipinski definition) is 3. The molecule has 0 amide bonds. The van der Waals surface area contributed by atoms with Crippen molar-refractivity contribution in [3.8, 4) is 0 Å². The number of hydrogen-bond donors (Lipinski definition) is 0. The van der Waals surface area contributed by atoms with Crippen LogP contribution in [0, 0.1) is 0 Å². The molecule has 1 aromatic heterocycles. The van der Waals surface area contributed by atoms with Gasteiger partial charge in [-0.25, -0.2) is 0 Å². The number of rotatable bonds is 6. The van der Waals surface area contributed by atoms with Crippen LogP contribution in [0.3, 0.4) is 0 Å². The Hall–Kier alpha value is -0.700. The number of unbranched alkanes of at least 4 members (excludes halogenated alkanes) is 1. The number of oxazole rings is 1. The SMILES string of the molecule is CCCCN(c1nc(CCl)co1)C1CC1. The lowest BCUT2D eigenvalue weighted by atomic mass is 10.3. The molecular weight excluding hydrogens is 212 g/mol. The van der Waals surface area contributed by atoms with Crippen LogP contribution in [0.5, 0.6) is 0 Å². The van der Waals surface area contributed by atoms with Crippen LogP contribution >= 0.6 is 11.6 Å². The predicted molar refractivity (Wildman–Crippen MR) is 61.3 cm³/mol. The van der Waals surface area contributed by atoms with Gasteiger partial charge in [0, 0.05) is 12.6 Å². The van der Waals surface area contributed by atoms with E-state index in [1.165, 1.54) is 25.7 Å². The molecule has 2 rings (SSSR count). The monoisotopic (exact) mass is 228 g/mol. The first-order valence-electron chi connectivity index (χ1n) is 5.62. The van der Waals surface area contributed by atoms with Gasteiger partial charge in [-0.05, 0) is 19.3 Å². The molecule has 0 unspecified atom stereocenters. The zero-order valence-corrected chi connectivity index (χ0v) is 9.83. The van der Waals surface area contributed by atoms with Gasteiger partial charge in [0.1, 0.15) is 6.26 Å². The van der Waals surface area contributed by atoms with Gasteiger partial charge in [-0.2, -0.15) is 4.98 Å². The van der Waals surface area contributed by atoms with E-state index in [4.69, 9.17) is 16.0 Å². The first-order chi connectivity index (χ1) is 7.35. The maximum atomic E-state index is 5.70. The van der Waals surface area contributed by atoms with E-state index in [-0.39, 0.29) is 0 Å². The highest BCUT2D eigenvalue weighted by molar-refractivity contribution is 6.16. The smallest absolute Gasteiger partial charge is 0.297 e. The van der Waals surface area contributed by atoms with Crippen LogP contribution in [-0.2, 0) is 5.88 Å². The van der Waals surface area contributed by atoms with Crippen LogP contribution in [-0.4, -0.2) is 17.6 Å². The van der Waals surface area contributed by atoms with Crippen molar-refractivity contribution < 1.29 is 4.42 Å². The van der Waals surface area contributed by atoms with E-state index in [9.17, 15) is 0 Å². The summed E-state index contributed by atoms with van der Waals surface area (Å²) in [5.41, 5.74) is 0.828. The molecule has 0 saturated heterocycles.